The van der Waals surface area contributed by atoms with Gasteiger partial charge in [-0.15, -0.1) is 0 Å². The summed E-state index contributed by atoms with van der Waals surface area (Å²) < 4.78 is 13.3. The zero-order valence-corrected chi connectivity index (χ0v) is 10.0. The van der Waals surface area contributed by atoms with Crippen LogP contribution in [0.5, 0.6) is 0 Å². The minimum absolute atomic E-state index is 0.0885. The van der Waals surface area contributed by atoms with Crippen molar-refractivity contribution >= 4 is 11.7 Å². The summed E-state index contributed by atoms with van der Waals surface area (Å²) in [6, 6.07) is 4.63. The van der Waals surface area contributed by atoms with Crippen molar-refractivity contribution in [3.63, 3.8) is 0 Å². The summed E-state index contributed by atoms with van der Waals surface area (Å²) >= 11 is 0. The lowest BCUT2D eigenvalue weighted by Gasteiger charge is -2.41. The molecule has 0 saturated heterocycles. The third-order valence-electron chi connectivity index (χ3n) is 4.20. The summed E-state index contributed by atoms with van der Waals surface area (Å²) in [6.07, 6.45) is 4.12. The maximum absolute atomic E-state index is 13.3. The van der Waals surface area contributed by atoms with Gasteiger partial charge in [-0.1, -0.05) is 12.8 Å². The minimum atomic E-state index is -0.833. The number of carbonyl (C=O) groups is 1. The van der Waals surface area contributed by atoms with Crippen LogP contribution in [0, 0.1) is 11.7 Å². The quantitative estimate of drug-likeness (QED) is 0.804. The number of anilines is 1. The molecule has 3 nitrogen and oxygen atoms in total. The first-order chi connectivity index (χ1) is 8.66. The van der Waals surface area contributed by atoms with Crippen molar-refractivity contribution in [2.24, 2.45) is 5.92 Å². The van der Waals surface area contributed by atoms with E-state index in [2.05, 4.69) is 5.32 Å². The Balaban J connectivity index is 2.07. The van der Waals surface area contributed by atoms with Crippen molar-refractivity contribution < 1.29 is 14.3 Å². The third-order valence-corrected chi connectivity index (χ3v) is 4.20. The maximum atomic E-state index is 13.3. The molecule has 1 aromatic carbocycles. The number of benzene rings is 1. The number of nitrogens with one attached hydrogen (secondary N) is 1. The van der Waals surface area contributed by atoms with Gasteiger partial charge in [0.05, 0.1) is 5.92 Å². The summed E-state index contributed by atoms with van der Waals surface area (Å²) in [6.45, 7) is 0. The molecule has 3 atom stereocenters. The van der Waals surface area contributed by atoms with Crippen LogP contribution in [-0.4, -0.2) is 17.1 Å². The molecule has 1 aliphatic heterocycles. The Hall–Kier alpha value is -1.58. The topological polar surface area (TPSA) is 49.3 Å². The number of aliphatic carboxylic acids is 1. The lowest BCUT2D eigenvalue weighted by atomic mass is 9.71. The molecule has 2 aliphatic rings. The first kappa shape index (κ1) is 11.5. The van der Waals surface area contributed by atoms with Gasteiger partial charge in [-0.25, -0.2) is 4.39 Å². The number of fused-ring (bicyclic) bond motifs is 2. The van der Waals surface area contributed by atoms with Gasteiger partial charge in [0.25, 0.3) is 0 Å². The number of carboxylic acids is 1. The molecule has 1 heterocycles. The van der Waals surface area contributed by atoms with Crippen LogP contribution in [-0.2, 0) is 4.79 Å². The van der Waals surface area contributed by atoms with Crippen molar-refractivity contribution in [3.8, 4) is 0 Å². The van der Waals surface area contributed by atoms with Gasteiger partial charge in [0.2, 0.25) is 0 Å². The van der Waals surface area contributed by atoms with E-state index >= 15 is 0 Å². The van der Waals surface area contributed by atoms with E-state index in [4.69, 9.17) is 0 Å². The van der Waals surface area contributed by atoms with Crippen LogP contribution in [0.25, 0.3) is 0 Å². The molecule has 1 saturated carbocycles. The summed E-state index contributed by atoms with van der Waals surface area (Å²) in [4.78, 5) is 11.5. The number of halogens is 1. The predicted molar refractivity (Wildman–Crippen MR) is 66.1 cm³/mol. The molecule has 2 N–H and O–H groups in total. The van der Waals surface area contributed by atoms with Crippen molar-refractivity contribution in [3.05, 3.63) is 29.6 Å². The Morgan fingerprint density at radius 3 is 2.89 bits per heavy atom. The zero-order valence-electron chi connectivity index (χ0n) is 10.0. The summed E-state index contributed by atoms with van der Waals surface area (Å²) in [7, 11) is 0. The molecule has 3 unspecified atom stereocenters. The van der Waals surface area contributed by atoms with E-state index in [9.17, 15) is 14.3 Å². The summed E-state index contributed by atoms with van der Waals surface area (Å²) in [5.74, 6) is -1.68. The highest BCUT2D eigenvalue weighted by atomic mass is 19.1. The van der Waals surface area contributed by atoms with Crippen LogP contribution in [0.1, 0.15) is 37.2 Å². The standard InChI is InChI=1S/C14H16FNO2/c15-8-5-6-12-10(7-8)13(14(17)18)9-3-1-2-4-11(9)16-12/h5-7,9,11,13,16H,1-4H2,(H,17,18). The average Bonchev–Trinajstić information content (AvgIpc) is 2.35. The predicted octanol–water partition coefficient (Wildman–Crippen LogP) is 2.98. The monoisotopic (exact) mass is 249 g/mol. The van der Waals surface area contributed by atoms with Crippen LogP contribution >= 0.6 is 0 Å². The largest absolute Gasteiger partial charge is 0.481 e. The Morgan fingerprint density at radius 2 is 2.11 bits per heavy atom. The lowest BCUT2D eigenvalue weighted by Crippen LogP contribution is -2.42. The van der Waals surface area contributed by atoms with E-state index < -0.39 is 11.9 Å². The van der Waals surface area contributed by atoms with Gasteiger partial charge < -0.3 is 10.4 Å². The van der Waals surface area contributed by atoms with Crippen molar-refractivity contribution in [2.45, 2.75) is 37.6 Å². The second-order valence-corrected chi connectivity index (χ2v) is 5.25. The maximum Gasteiger partial charge on any atom is 0.311 e. The highest BCUT2D eigenvalue weighted by Crippen LogP contribution is 2.44. The molecule has 0 aromatic heterocycles. The van der Waals surface area contributed by atoms with Gasteiger partial charge in [0, 0.05) is 11.7 Å². The molecule has 3 rings (SSSR count). The van der Waals surface area contributed by atoms with Crippen LogP contribution in [0.3, 0.4) is 0 Å². The number of rotatable bonds is 1. The molecule has 0 radical (unpaired) electrons. The molecule has 4 heteroatoms. The van der Waals surface area contributed by atoms with Gasteiger partial charge in [0.15, 0.2) is 0 Å². The third kappa shape index (κ3) is 1.76. The zero-order chi connectivity index (χ0) is 12.7. The first-order valence-electron chi connectivity index (χ1n) is 6.45. The van der Waals surface area contributed by atoms with Gasteiger partial charge in [-0.05, 0) is 42.5 Å². The van der Waals surface area contributed by atoms with Crippen molar-refractivity contribution in [1.82, 2.24) is 0 Å². The smallest absolute Gasteiger partial charge is 0.311 e. The molecule has 0 bridgehead atoms. The second-order valence-electron chi connectivity index (χ2n) is 5.25. The van der Waals surface area contributed by atoms with Gasteiger partial charge in [-0.3, -0.25) is 4.79 Å². The highest BCUT2D eigenvalue weighted by Gasteiger charge is 2.41. The Labute approximate surface area is 105 Å². The van der Waals surface area contributed by atoms with Crippen molar-refractivity contribution in [2.75, 3.05) is 5.32 Å². The van der Waals surface area contributed by atoms with Crippen LogP contribution in [0.4, 0.5) is 10.1 Å². The molecule has 0 spiro atoms. The number of hydrogen-bond acceptors (Lipinski definition) is 2. The number of hydrogen-bond donors (Lipinski definition) is 2. The Bertz CT molecular complexity index is 489. The Kier molecular flexibility index (Phi) is 2.73. The molecule has 18 heavy (non-hydrogen) atoms. The van der Waals surface area contributed by atoms with E-state index in [1.165, 1.54) is 12.1 Å². The van der Waals surface area contributed by atoms with E-state index in [0.29, 0.717) is 5.56 Å². The minimum Gasteiger partial charge on any atom is -0.481 e. The van der Waals surface area contributed by atoms with Gasteiger partial charge >= 0.3 is 5.97 Å². The van der Waals surface area contributed by atoms with Gasteiger partial charge in [0.1, 0.15) is 5.82 Å². The highest BCUT2D eigenvalue weighted by molar-refractivity contribution is 5.81. The van der Waals surface area contributed by atoms with Crippen molar-refractivity contribution in [1.29, 1.82) is 0 Å². The fourth-order valence-electron chi connectivity index (χ4n) is 3.41. The van der Waals surface area contributed by atoms with Crippen LogP contribution in [0.15, 0.2) is 18.2 Å². The molecule has 1 aliphatic carbocycles. The van der Waals surface area contributed by atoms with Crippen LogP contribution in [0.2, 0.25) is 0 Å². The molecule has 96 valence electrons. The van der Waals surface area contributed by atoms with E-state index in [1.54, 1.807) is 6.07 Å². The first-order valence-corrected chi connectivity index (χ1v) is 6.45. The SMILES string of the molecule is O=C(O)C1c2cc(F)ccc2NC2CCCCC21. The second kappa shape index (κ2) is 4.26. The average molecular weight is 249 g/mol. The lowest BCUT2D eigenvalue weighted by molar-refractivity contribution is -0.140. The Morgan fingerprint density at radius 1 is 1.33 bits per heavy atom. The van der Waals surface area contributed by atoms with E-state index in [1.807, 2.05) is 0 Å². The fraction of sp³-hybridized carbons (Fsp3) is 0.500. The molecule has 1 fully saturated rings. The van der Waals surface area contributed by atoms with E-state index in [0.717, 1.165) is 31.4 Å². The molecule has 1 aromatic rings. The number of carboxylic acid groups (broad SMARTS) is 1. The van der Waals surface area contributed by atoms with Gasteiger partial charge in [-0.2, -0.15) is 0 Å². The summed E-state index contributed by atoms with van der Waals surface area (Å²) in [5.41, 5.74) is 1.39. The summed E-state index contributed by atoms with van der Waals surface area (Å²) in [5, 5.41) is 12.8. The molecular formula is C14H16FNO2. The molecule has 0 amide bonds. The molecular weight excluding hydrogens is 233 g/mol. The van der Waals surface area contributed by atoms with E-state index in [-0.39, 0.29) is 17.8 Å². The fourth-order valence-corrected chi connectivity index (χ4v) is 3.41. The normalized spacial score (nSPS) is 29.9. The van der Waals surface area contributed by atoms with Crippen LogP contribution < -0.4 is 5.32 Å².